The molecule has 0 atom stereocenters. The van der Waals surface area contributed by atoms with Crippen LogP contribution in [0.25, 0.3) is 16.9 Å². The van der Waals surface area contributed by atoms with E-state index in [-0.39, 0.29) is 34.3 Å². The number of hydrogen-bond donors (Lipinski definition) is 2. The van der Waals surface area contributed by atoms with Gasteiger partial charge in [-0.25, -0.2) is 27.9 Å². The molecule has 2 aliphatic rings. The van der Waals surface area contributed by atoms with Crippen molar-refractivity contribution in [3.63, 3.8) is 0 Å². The van der Waals surface area contributed by atoms with E-state index in [1.807, 2.05) is 24.3 Å². The molecule has 218 valence electrons. The summed E-state index contributed by atoms with van der Waals surface area (Å²) in [5, 5.41) is 5.73. The van der Waals surface area contributed by atoms with Crippen molar-refractivity contribution in [2.45, 2.75) is 44.7 Å². The Morgan fingerprint density at radius 2 is 1.79 bits per heavy atom. The monoisotopic (exact) mass is 595 g/mol. The van der Waals surface area contributed by atoms with Crippen LogP contribution >= 0.6 is 11.6 Å². The molecule has 3 amide bonds. The van der Waals surface area contributed by atoms with Crippen molar-refractivity contribution in [1.29, 1.82) is 0 Å². The summed E-state index contributed by atoms with van der Waals surface area (Å²) in [6.07, 6.45) is 0.973. The number of carbonyl (C=O) groups excluding carboxylic acids is 2. The minimum atomic E-state index is -2.89. The molecule has 6 rings (SSSR count). The van der Waals surface area contributed by atoms with Crippen molar-refractivity contribution in [2.75, 3.05) is 18.0 Å². The molecule has 4 aromatic rings. The Kier molecular flexibility index (Phi) is 7.63. The highest BCUT2D eigenvalue weighted by atomic mass is 35.5. The lowest BCUT2D eigenvalue weighted by molar-refractivity contribution is 0.0904. The van der Waals surface area contributed by atoms with Gasteiger partial charge in [-0.3, -0.25) is 19.2 Å². The molecule has 0 bridgehead atoms. The fourth-order valence-electron chi connectivity index (χ4n) is 5.80. The first kappa shape index (κ1) is 27.8. The van der Waals surface area contributed by atoms with Crippen LogP contribution in [0.15, 0.2) is 59.5 Å². The van der Waals surface area contributed by atoms with Gasteiger partial charge in [-0.05, 0) is 61.9 Å². The van der Waals surface area contributed by atoms with E-state index in [1.165, 1.54) is 6.07 Å². The Bertz CT molecular complexity index is 1720. The highest BCUT2D eigenvalue weighted by molar-refractivity contribution is 6.30. The van der Waals surface area contributed by atoms with Crippen molar-refractivity contribution in [3.05, 3.63) is 81.5 Å². The van der Waals surface area contributed by atoms with E-state index >= 15 is 0 Å². The van der Waals surface area contributed by atoms with Crippen LogP contribution in [-0.4, -0.2) is 50.2 Å². The summed E-state index contributed by atoms with van der Waals surface area (Å²) in [4.78, 5) is 48.6. The molecule has 0 radical (unpaired) electrons. The SMILES string of the molecule is O=C(NC1CCC(Cn2c(=O)n(-c3cccc(N4CCNC4=O)n3)c3ccccc32)CC1)c1cc(Cl)cnc1C(F)F. The third-order valence-corrected chi connectivity index (χ3v) is 8.08. The molecule has 1 saturated carbocycles. The topological polar surface area (TPSA) is 114 Å². The predicted molar refractivity (Wildman–Crippen MR) is 153 cm³/mol. The number of nitrogens with zero attached hydrogens (tertiary/aromatic N) is 5. The molecule has 4 heterocycles. The van der Waals surface area contributed by atoms with Crippen LogP contribution in [0.4, 0.5) is 19.4 Å². The summed E-state index contributed by atoms with van der Waals surface area (Å²) in [7, 11) is 0. The number of pyridine rings is 2. The molecule has 2 N–H and O–H groups in total. The minimum Gasteiger partial charge on any atom is -0.349 e. The second-order valence-corrected chi connectivity index (χ2v) is 11.0. The van der Waals surface area contributed by atoms with E-state index in [9.17, 15) is 23.2 Å². The van der Waals surface area contributed by atoms with E-state index in [4.69, 9.17) is 11.6 Å². The number of nitrogens with one attached hydrogen (secondary N) is 2. The van der Waals surface area contributed by atoms with Crippen molar-refractivity contribution in [2.24, 2.45) is 5.92 Å². The largest absolute Gasteiger partial charge is 0.349 e. The number of amides is 3. The highest BCUT2D eigenvalue weighted by Gasteiger charge is 2.28. The third-order valence-electron chi connectivity index (χ3n) is 7.88. The lowest BCUT2D eigenvalue weighted by Crippen LogP contribution is -2.39. The summed E-state index contributed by atoms with van der Waals surface area (Å²) < 4.78 is 30.1. The molecule has 13 heteroatoms. The minimum absolute atomic E-state index is 0.112. The van der Waals surface area contributed by atoms with E-state index in [0.29, 0.717) is 49.6 Å². The van der Waals surface area contributed by atoms with Gasteiger partial charge in [0.25, 0.3) is 12.3 Å². The Balaban J connectivity index is 1.18. The van der Waals surface area contributed by atoms with Crippen molar-refractivity contribution >= 4 is 40.4 Å². The van der Waals surface area contributed by atoms with Crippen LogP contribution in [0.2, 0.25) is 5.02 Å². The summed E-state index contributed by atoms with van der Waals surface area (Å²) >= 11 is 5.90. The number of para-hydroxylation sites is 2. The Hall–Kier alpha value is -4.32. The van der Waals surface area contributed by atoms with E-state index in [2.05, 4.69) is 20.6 Å². The molecule has 1 aliphatic heterocycles. The van der Waals surface area contributed by atoms with Crippen LogP contribution in [0.1, 0.15) is 48.2 Å². The molecule has 2 fully saturated rings. The fraction of sp³-hybridized carbons (Fsp3) is 0.345. The second-order valence-electron chi connectivity index (χ2n) is 10.5. The average molecular weight is 596 g/mol. The molecule has 42 heavy (non-hydrogen) atoms. The number of benzene rings is 1. The van der Waals surface area contributed by atoms with Crippen LogP contribution in [0.5, 0.6) is 0 Å². The number of rotatable bonds is 7. The van der Waals surface area contributed by atoms with E-state index in [0.717, 1.165) is 24.6 Å². The van der Waals surface area contributed by atoms with Gasteiger partial charge in [0.2, 0.25) is 0 Å². The van der Waals surface area contributed by atoms with Crippen LogP contribution in [0, 0.1) is 5.92 Å². The molecular weight excluding hydrogens is 568 g/mol. The summed E-state index contributed by atoms with van der Waals surface area (Å²) in [6, 6.07) is 13.6. The number of fused-ring (bicyclic) bond motifs is 1. The highest BCUT2D eigenvalue weighted by Crippen LogP contribution is 2.29. The van der Waals surface area contributed by atoms with E-state index in [1.54, 1.807) is 32.2 Å². The van der Waals surface area contributed by atoms with Crippen molar-refractivity contribution in [1.82, 2.24) is 29.7 Å². The first-order chi connectivity index (χ1) is 20.3. The maximum Gasteiger partial charge on any atom is 0.334 e. The maximum atomic E-state index is 13.8. The Morgan fingerprint density at radius 3 is 2.50 bits per heavy atom. The van der Waals surface area contributed by atoms with Gasteiger partial charge in [0.15, 0.2) is 0 Å². The zero-order chi connectivity index (χ0) is 29.4. The third kappa shape index (κ3) is 5.34. The summed E-state index contributed by atoms with van der Waals surface area (Å²) in [5.41, 5.74) is 0.447. The van der Waals surface area contributed by atoms with Gasteiger partial charge in [0, 0.05) is 31.9 Å². The van der Waals surface area contributed by atoms with Crippen molar-refractivity contribution in [3.8, 4) is 5.82 Å². The average Bonchev–Trinajstić information content (AvgIpc) is 3.54. The summed E-state index contributed by atoms with van der Waals surface area (Å²) in [6.45, 7) is 1.51. The molecule has 10 nitrogen and oxygen atoms in total. The molecular formula is C29H28ClF2N7O3. The fourth-order valence-corrected chi connectivity index (χ4v) is 5.96. The first-order valence-electron chi connectivity index (χ1n) is 13.8. The van der Waals surface area contributed by atoms with Gasteiger partial charge < -0.3 is 10.6 Å². The van der Waals surface area contributed by atoms with Gasteiger partial charge in [0.05, 0.1) is 21.6 Å². The number of alkyl halides is 2. The first-order valence-corrected chi connectivity index (χ1v) is 14.2. The zero-order valence-corrected chi connectivity index (χ0v) is 23.2. The number of hydrogen-bond acceptors (Lipinski definition) is 5. The lowest BCUT2D eigenvalue weighted by Gasteiger charge is -2.29. The summed E-state index contributed by atoms with van der Waals surface area (Å²) in [5.74, 6) is 0.453. The molecule has 1 aromatic carbocycles. The van der Waals surface area contributed by atoms with Gasteiger partial charge >= 0.3 is 11.7 Å². The molecule has 0 spiro atoms. The number of imidazole rings is 1. The molecule has 3 aromatic heterocycles. The smallest absolute Gasteiger partial charge is 0.334 e. The normalized spacial score (nSPS) is 19.0. The molecule has 1 aliphatic carbocycles. The molecule has 1 saturated heterocycles. The van der Waals surface area contributed by atoms with Gasteiger partial charge in [-0.1, -0.05) is 29.8 Å². The number of urea groups is 1. The number of anilines is 1. The second kappa shape index (κ2) is 11.5. The predicted octanol–water partition coefficient (Wildman–Crippen LogP) is 4.69. The standard InChI is InChI=1S/C29H28ClF2N7O3/c30-18-14-20(25(26(31)32)34-15-18)27(40)35-19-10-8-17(9-11-19)16-38-21-4-1-2-5-22(21)39(29(38)42)24-7-3-6-23(36-24)37-13-12-33-28(37)41/h1-7,14-15,17,19,26H,8-13,16H2,(H,33,41)(H,35,40). The quantitative estimate of drug-likeness (QED) is 0.322. The number of carbonyl (C=O) groups is 2. The number of aromatic nitrogens is 4. The maximum absolute atomic E-state index is 13.8. The zero-order valence-electron chi connectivity index (χ0n) is 22.5. The van der Waals surface area contributed by atoms with Gasteiger partial charge in [-0.15, -0.1) is 0 Å². The Morgan fingerprint density at radius 1 is 1.05 bits per heavy atom. The van der Waals surface area contributed by atoms with E-state index < -0.39 is 18.0 Å². The number of halogens is 3. The van der Waals surface area contributed by atoms with Crippen LogP contribution in [0.3, 0.4) is 0 Å². The van der Waals surface area contributed by atoms with Crippen LogP contribution < -0.4 is 21.2 Å². The Labute approximate surface area is 244 Å². The van der Waals surface area contributed by atoms with Crippen LogP contribution in [-0.2, 0) is 6.54 Å². The van der Waals surface area contributed by atoms with Crippen molar-refractivity contribution < 1.29 is 18.4 Å². The van der Waals surface area contributed by atoms with Gasteiger partial charge in [0.1, 0.15) is 17.3 Å². The molecule has 0 unspecified atom stereocenters. The van der Waals surface area contributed by atoms with Gasteiger partial charge in [-0.2, -0.15) is 0 Å². The lowest BCUT2D eigenvalue weighted by atomic mass is 9.85.